The molecule has 4 unspecified atom stereocenters. The summed E-state index contributed by atoms with van der Waals surface area (Å²) in [6.45, 7) is 3.52. The van der Waals surface area contributed by atoms with Crippen LogP contribution in [0.2, 0.25) is 0 Å². The summed E-state index contributed by atoms with van der Waals surface area (Å²) in [4.78, 5) is 3.92. The summed E-state index contributed by atoms with van der Waals surface area (Å²) >= 11 is 0. The fourth-order valence-electron chi connectivity index (χ4n) is 6.17. The number of benzene rings is 5. The zero-order chi connectivity index (χ0) is 33.9. The molecule has 5 aromatic rings. The Bertz CT molecular complexity index is 1450. The van der Waals surface area contributed by atoms with E-state index in [-0.39, 0.29) is 45.0 Å². The minimum atomic E-state index is -0.796. The maximum atomic E-state index is 11.7. The lowest BCUT2D eigenvalue weighted by Crippen LogP contribution is -2.33. The van der Waals surface area contributed by atoms with E-state index in [4.69, 9.17) is 0 Å². The van der Waals surface area contributed by atoms with Crippen LogP contribution in [0.15, 0.2) is 133 Å². The van der Waals surface area contributed by atoms with Crippen molar-refractivity contribution in [2.75, 3.05) is 26.2 Å². The zero-order valence-corrected chi connectivity index (χ0v) is 27.4. The van der Waals surface area contributed by atoms with Gasteiger partial charge in [-0.05, 0) is 29.2 Å². The third kappa shape index (κ3) is 9.84. The average molecular weight is 647 g/mol. The van der Waals surface area contributed by atoms with Gasteiger partial charge in [0.15, 0.2) is 0 Å². The maximum Gasteiger partial charge on any atom is 0.124 e. The molecule has 4 atom stereocenters. The topological polar surface area (TPSA) is 108 Å². The van der Waals surface area contributed by atoms with Crippen molar-refractivity contribution < 1.29 is 25.5 Å². The van der Waals surface area contributed by atoms with Gasteiger partial charge in [-0.1, -0.05) is 139 Å². The molecule has 0 saturated heterocycles. The van der Waals surface area contributed by atoms with Crippen LogP contribution in [0.3, 0.4) is 0 Å². The quantitative estimate of drug-likeness (QED) is 0.0864. The van der Waals surface area contributed by atoms with Gasteiger partial charge in [0, 0.05) is 50.4 Å². The molecule has 0 aromatic heterocycles. The van der Waals surface area contributed by atoms with E-state index >= 15 is 0 Å². The van der Waals surface area contributed by atoms with Gasteiger partial charge in [0.1, 0.15) is 5.75 Å². The minimum absolute atomic E-state index is 0.113. The first-order valence-corrected chi connectivity index (χ1v) is 16.4. The van der Waals surface area contributed by atoms with Gasteiger partial charge in [-0.3, -0.25) is 9.80 Å². The lowest BCUT2D eigenvalue weighted by atomic mass is 10.0. The van der Waals surface area contributed by atoms with Crippen LogP contribution in [-0.4, -0.2) is 61.5 Å². The second-order valence-electron chi connectivity index (χ2n) is 12.5. The Morgan fingerprint density at radius 2 is 0.688 bits per heavy atom. The minimum Gasteiger partial charge on any atom is -0.507 e. The summed E-state index contributed by atoms with van der Waals surface area (Å²) in [5.74, 6) is 0.113. The maximum absolute atomic E-state index is 11.7. The van der Waals surface area contributed by atoms with E-state index in [1.54, 1.807) is 0 Å². The van der Waals surface area contributed by atoms with Crippen LogP contribution in [0.5, 0.6) is 5.75 Å². The molecule has 0 saturated carbocycles. The van der Waals surface area contributed by atoms with Crippen molar-refractivity contribution in [1.82, 2.24) is 9.80 Å². The molecule has 0 aliphatic heterocycles. The number of aryl methyl sites for hydroxylation is 1. The largest absolute Gasteiger partial charge is 0.507 e. The SMILES string of the molecule is Cc1cc(CN(CC(O)c2ccccc2)CC(O)c2ccccc2)c(O)c(CN(CC(O)c2ccccc2)CC(O)c2ccccc2)c1. The first kappa shape index (κ1) is 35.0. The van der Waals surface area contributed by atoms with Gasteiger partial charge >= 0.3 is 0 Å². The van der Waals surface area contributed by atoms with E-state index in [2.05, 4.69) is 0 Å². The van der Waals surface area contributed by atoms with E-state index in [0.717, 1.165) is 27.8 Å². The summed E-state index contributed by atoms with van der Waals surface area (Å²) < 4.78 is 0. The number of aliphatic hydroxyl groups is 4. The van der Waals surface area contributed by atoms with Crippen LogP contribution in [0.4, 0.5) is 0 Å². The van der Waals surface area contributed by atoms with Crippen LogP contribution >= 0.6 is 0 Å². The van der Waals surface area contributed by atoms with E-state index in [0.29, 0.717) is 11.1 Å². The van der Waals surface area contributed by atoms with Gasteiger partial charge in [0.25, 0.3) is 0 Å². The molecule has 48 heavy (non-hydrogen) atoms. The standard InChI is InChI=1S/C41H46N2O5/c1-30-22-35(24-42(26-37(44)31-14-6-2-7-15-31)27-38(45)32-16-8-3-9-17-32)41(48)36(23-30)25-43(28-39(46)33-18-10-4-11-19-33)29-40(47)34-20-12-5-13-21-34/h2-23,37-40,44-48H,24-29H2,1H3. The number of rotatable bonds is 16. The van der Waals surface area contributed by atoms with Crippen LogP contribution in [0.25, 0.3) is 0 Å². The van der Waals surface area contributed by atoms with Crippen molar-refractivity contribution in [1.29, 1.82) is 0 Å². The predicted octanol–water partition coefficient (Wildman–Crippen LogP) is 6.24. The average Bonchev–Trinajstić information content (AvgIpc) is 3.11. The van der Waals surface area contributed by atoms with Gasteiger partial charge in [0.05, 0.1) is 24.4 Å². The summed E-state index contributed by atoms with van der Waals surface area (Å²) in [7, 11) is 0. The number of aromatic hydroxyl groups is 1. The van der Waals surface area contributed by atoms with Gasteiger partial charge in [-0.25, -0.2) is 0 Å². The van der Waals surface area contributed by atoms with Crippen molar-refractivity contribution in [3.05, 3.63) is 172 Å². The highest BCUT2D eigenvalue weighted by Crippen LogP contribution is 2.30. The molecule has 0 heterocycles. The molecule has 0 fully saturated rings. The monoisotopic (exact) mass is 646 g/mol. The van der Waals surface area contributed by atoms with Crippen molar-refractivity contribution in [2.45, 2.75) is 44.4 Å². The molecule has 5 N–H and O–H groups in total. The predicted molar refractivity (Wildman–Crippen MR) is 189 cm³/mol. The molecule has 5 aromatic carbocycles. The number of phenols is 1. The number of hydrogen-bond donors (Lipinski definition) is 5. The number of aliphatic hydroxyl groups excluding tert-OH is 4. The van der Waals surface area contributed by atoms with E-state index in [9.17, 15) is 25.5 Å². The highest BCUT2D eigenvalue weighted by atomic mass is 16.3. The van der Waals surface area contributed by atoms with E-state index in [1.165, 1.54) is 0 Å². The molecule has 0 spiro atoms. The highest BCUT2D eigenvalue weighted by Gasteiger charge is 2.23. The molecule has 7 heteroatoms. The summed E-state index contributed by atoms with van der Waals surface area (Å²) in [6, 6.07) is 41.6. The Balaban J connectivity index is 1.40. The zero-order valence-electron chi connectivity index (χ0n) is 27.4. The first-order chi connectivity index (χ1) is 23.3. The molecule has 0 bridgehead atoms. The molecule has 5 rings (SSSR count). The Kier molecular flexibility index (Phi) is 12.5. The summed E-state index contributed by atoms with van der Waals surface area (Å²) in [5, 5.41) is 56.4. The van der Waals surface area contributed by atoms with Crippen LogP contribution in [-0.2, 0) is 13.1 Å². The molecular formula is C41H46N2O5. The van der Waals surface area contributed by atoms with Crippen molar-refractivity contribution in [3.63, 3.8) is 0 Å². The summed E-state index contributed by atoms with van der Waals surface area (Å²) in [5.41, 5.74) is 5.37. The Morgan fingerprint density at radius 1 is 0.438 bits per heavy atom. The third-order valence-electron chi connectivity index (χ3n) is 8.66. The molecule has 0 radical (unpaired) electrons. The third-order valence-corrected chi connectivity index (χ3v) is 8.66. The Hall–Kier alpha value is -4.34. The second-order valence-corrected chi connectivity index (χ2v) is 12.5. The van der Waals surface area contributed by atoms with Gasteiger partial charge in [0.2, 0.25) is 0 Å². The second kappa shape index (κ2) is 17.2. The summed E-state index contributed by atoms with van der Waals surface area (Å²) in [6.07, 6.45) is -3.19. The fraction of sp³-hybridized carbons (Fsp3) is 0.268. The fourth-order valence-corrected chi connectivity index (χ4v) is 6.17. The van der Waals surface area contributed by atoms with Gasteiger partial charge in [-0.2, -0.15) is 0 Å². The molecule has 0 amide bonds. The van der Waals surface area contributed by atoms with Crippen molar-refractivity contribution in [3.8, 4) is 5.75 Å². The Morgan fingerprint density at radius 3 is 0.938 bits per heavy atom. The number of hydrogen-bond acceptors (Lipinski definition) is 7. The molecule has 250 valence electrons. The molecular weight excluding hydrogens is 600 g/mol. The molecule has 0 aliphatic rings. The van der Waals surface area contributed by atoms with Gasteiger partial charge in [-0.15, -0.1) is 0 Å². The molecule has 7 nitrogen and oxygen atoms in total. The van der Waals surface area contributed by atoms with Gasteiger partial charge < -0.3 is 25.5 Å². The number of phenolic OH excluding ortho intramolecular Hbond substituents is 1. The lowest BCUT2D eigenvalue weighted by molar-refractivity contribution is 0.0631. The van der Waals surface area contributed by atoms with Crippen molar-refractivity contribution in [2.24, 2.45) is 0 Å². The highest BCUT2D eigenvalue weighted by molar-refractivity contribution is 5.43. The van der Waals surface area contributed by atoms with Crippen LogP contribution in [0.1, 0.15) is 63.4 Å². The van der Waals surface area contributed by atoms with Crippen LogP contribution in [0, 0.1) is 6.92 Å². The lowest BCUT2D eigenvalue weighted by Gasteiger charge is -2.30. The Labute approximate surface area is 283 Å². The van der Waals surface area contributed by atoms with E-state index < -0.39 is 24.4 Å². The van der Waals surface area contributed by atoms with Crippen LogP contribution < -0.4 is 0 Å². The normalized spacial score (nSPS) is 14.1. The number of nitrogens with zero attached hydrogens (tertiary/aromatic N) is 2. The van der Waals surface area contributed by atoms with Crippen molar-refractivity contribution >= 4 is 0 Å². The first-order valence-electron chi connectivity index (χ1n) is 16.4. The van der Waals surface area contributed by atoms with E-state index in [1.807, 2.05) is 150 Å². The smallest absolute Gasteiger partial charge is 0.124 e. The molecule has 0 aliphatic carbocycles.